The minimum Gasteiger partial charge on any atom is -0.364 e. The molecule has 2 rings (SSSR count). The Hall–Kier alpha value is -1.89. The second-order valence-electron chi connectivity index (χ2n) is 3.16. The third-order valence-corrected chi connectivity index (χ3v) is 2.30. The van der Waals surface area contributed by atoms with E-state index in [1.807, 2.05) is 0 Å². The van der Waals surface area contributed by atoms with E-state index in [-0.39, 0.29) is 11.3 Å². The molecule has 1 unspecified atom stereocenters. The number of imidazole rings is 1. The van der Waals surface area contributed by atoms with Crippen molar-refractivity contribution < 1.29 is 4.79 Å². The molecule has 16 heavy (non-hydrogen) atoms. The fraction of sp³-hybridized carbons (Fsp3) is 0.250. The summed E-state index contributed by atoms with van der Waals surface area (Å²) in [5.41, 5.74) is 4.22. The van der Waals surface area contributed by atoms with Crippen molar-refractivity contribution in [1.29, 1.82) is 0 Å². The summed E-state index contributed by atoms with van der Waals surface area (Å²) in [5, 5.41) is 0. The van der Waals surface area contributed by atoms with Gasteiger partial charge in [-0.2, -0.15) is 0 Å². The van der Waals surface area contributed by atoms with Gasteiger partial charge in [-0.1, -0.05) is 11.6 Å². The van der Waals surface area contributed by atoms with Gasteiger partial charge in [0, 0.05) is 0 Å². The van der Waals surface area contributed by atoms with Crippen LogP contribution in [0.3, 0.4) is 0 Å². The van der Waals surface area contributed by atoms with Crippen LogP contribution < -0.4 is 11.4 Å². The van der Waals surface area contributed by atoms with E-state index >= 15 is 0 Å². The number of carbonyl (C=O) groups excluding carboxylic acids is 1. The topological polar surface area (TPSA) is 95.3 Å². The Morgan fingerprint density at radius 1 is 1.50 bits per heavy atom. The molecule has 0 saturated heterocycles. The summed E-state index contributed by atoms with van der Waals surface area (Å²) in [6, 6.07) is 0. The highest BCUT2D eigenvalue weighted by atomic mass is 35.5. The first-order valence-corrected chi connectivity index (χ1v) is 4.84. The molecule has 1 atom stereocenters. The number of nitrogens with two attached hydrogens (primary N) is 1. The maximum absolute atomic E-state index is 11.8. The number of fused-ring (bicyclic) bond motifs is 1. The number of carbonyl (C=O) groups is 1. The zero-order valence-corrected chi connectivity index (χ0v) is 9.05. The van der Waals surface area contributed by atoms with Gasteiger partial charge in [-0.25, -0.2) is 19.2 Å². The molecule has 0 bridgehead atoms. The SMILES string of the molecule is CC(Cl)n1cnc2c(C(N)=O)ncn2c1=O. The van der Waals surface area contributed by atoms with Gasteiger partial charge in [0.1, 0.15) is 18.2 Å². The highest BCUT2D eigenvalue weighted by molar-refractivity contribution is 6.18. The van der Waals surface area contributed by atoms with E-state index in [0.29, 0.717) is 0 Å². The van der Waals surface area contributed by atoms with Gasteiger partial charge >= 0.3 is 5.69 Å². The number of halogens is 1. The largest absolute Gasteiger partial charge is 0.364 e. The Bertz CT molecular complexity index is 614. The number of amides is 1. The van der Waals surface area contributed by atoms with Crippen molar-refractivity contribution in [2.24, 2.45) is 5.73 Å². The molecule has 1 amide bonds. The summed E-state index contributed by atoms with van der Waals surface area (Å²) in [6.07, 6.45) is 2.45. The fourth-order valence-corrected chi connectivity index (χ4v) is 1.45. The van der Waals surface area contributed by atoms with E-state index in [0.717, 1.165) is 4.40 Å². The third kappa shape index (κ3) is 1.45. The lowest BCUT2D eigenvalue weighted by atomic mass is 10.4. The molecule has 0 aliphatic carbocycles. The first-order valence-electron chi connectivity index (χ1n) is 4.40. The van der Waals surface area contributed by atoms with Gasteiger partial charge in [-0.15, -0.1) is 0 Å². The van der Waals surface area contributed by atoms with Crippen LogP contribution in [-0.2, 0) is 0 Å². The lowest BCUT2D eigenvalue weighted by Crippen LogP contribution is -2.27. The van der Waals surface area contributed by atoms with Crippen LogP contribution in [0, 0.1) is 0 Å². The Morgan fingerprint density at radius 3 is 2.75 bits per heavy atom. The van der Waals surface area contributed by atoms with Gasteiger partial charge in [0.25, 0.3) is 5.91 Å². The van der Waals surface area contributed by atoms with Crippen molar-refractivity contribution in [3.63, 3.8) is 0 Å². The lowest BCUT2D eigenvalue weighted by molar-refractivity contribution is 0.0997. The number of nitrogens with zero attached hydrogens (tertiary/aromatic N) is 4. The summed E-state index contributed by atoms with van der Waals surface area (Å²) >= 11 is 5.78. The molecule has 0 aliphatic heterocycles. The fourth-order valence-electron chi connectivity index (χ4n) is 1.31. The van der Waals surface area contributed by atoms with Gasteiger partial charge in [-0.3, -0.25) is 9.36 Å². The van der Waals surface area contributed by atoms with Crippen LogP contribution in [0.1, 0.15) is 22.9 Å². The predicted molar refractivity (Wildman–Crippen MR) is 56.3 cm³/mol. The second-order valence-corrected chi connectivity index (χ2v) is 3.79. The standard InChI is InChI=1S/C8H8ClN5O2/c1-4(9)13-3-12-7-5(6(10)15)11-2-14(7)8(13)16/h2-4H,1H3,(H2,10,15). The Balaban J connectivity index is 2.79. The molecule has 0 aromatic carbocycles. The summed E-state index contributed by atoms with van der Waals surface area (Å²) in [7, 11) is 0. The summed E-state index contributed by atoms with van der Waals surface area (Å²) in [4.78, 5) is 30.4. The maximum atomic E-state index is 11.8. The first kappa shape index (κ1) is 10.6. The number of hydrogen-bond acceptors (Lipinski definition) is 4. The minimum atomic E-state index is -0.730. The van der Waals surface area contributed by atoms with Crippen molar-refractivity contribution >= 4 is 23.2 Å². The van der Waals surface area contributed by atoms with Gasteiger partial charge in [0.2, 0.25) is 0 Å². The lowest BCUT2D eigenvalue weighted by Gasteiger charge is -2.06. The smallest absolute Gasteiger partial charge is 0.337 e. The molecule has 0 radical (unpaired) electrons. The Morgan fingerprint density at radius 2 is 2.19 bits per heavy atom. The summed E-state index contributed by atoms with van der Waals surface area (Å²) < 4.78 is 2.33. The molecule has 8 heteroatoms. The van der Waals surface area contributed by atoms with Crippen LogP contribution in [0.25, 0.3) is 5.65 Å². The van der Waals surface area contributed by atoms with Gasteiger partial charge in [0.05, 0.1) is 0 Å². The van der Waals surface area contributed by atoms with Crippen LogP contribution in [0.15, 0.2) is 17.4 Å². The van der Waals surface area contributed by atoms with E-state index in [1.54, 1.807) is 6.92 Å². The molecule has 7 nitrogen and oxygen atoms in total. The molecule has 2 aromatic heterocycles. The molecule has 0 fully saturated rings. The van der Waals surface area contributed by atoms with Gasteiger partial charge < -0.3 is 5.73 Å². The number of primary amides is 1. The molecular weight excluding hydrogens is 234 g/mol. The van der Waals surface area contributed by atoms with E-state index in [9.17, 15) is 9.59 Å². The highest BCUT2D eigenvalue weighted by Crippen LogP contribution is 2.08. The van der Waals surface area contributed by atoms with E-state index in [1.165, 1.54) is 17.2 Å². The molecule has 0 spiro atoms. The molecule has 2 heterocycles. The van der Waals surface area contributed by atoms with Crippen LogP contribution >= 0.6 is 11.6 Å². The zero-order valence-electron chi connectivity index (χ0n) is 8.29. The van der Waals surface area contributed by atoms with Crippen molar-refractivity contribution in [3.8, 4) is 0 Å². The Labute approximate surface area is 94.5 Å². The normalized spacial score (nSPS) is 12.9. The molecule has 0 aliphatic rings. The molecule has 0 saturated carbocycles. The number of rotatable bonds is 2. The second kappa shape index (κ2) is 3.60. The average molecular weight is 242 g/mol. The van der Waals surface area contributed by atoms with Crippen molar-refractivity contribution in [1.82, 2.24) is 18.9 Å². The number of alkyl halides is 1. The molecule has 84 valence electrons. The predicted octanol–water partition coefficient (Wildman–Crippen LogP) is -0.253. The average Bonchev–Trinajstić information content (AvgIpc) is 2.61. The Kier molecular flexibility index (Phi) is 2.39. The molecular formula is C8H8ClN5O2. The highest BCUT2D eigenvalue weighted by Gasteiger charge is 2.14. The molecule has 2 aromatic rings. The van der Waals surface area contributed by atoms with E-state index in [2.05, 4.69) is 9.97 Å². The quantitative estimate of drug-likeness (QED) is 0.733. The van der Waals surface area contributed by atoms with Crippen molar-refractivity contribution in [2.45, 2.75) is 12.4 Å². The molecule has 2 N–H and O–H groups in total. The van der Waals surface area contributed by atoms with E-state index in [4.69, 9.17) is 17.3 Å². The summed E-state index contributed by atoms with van der Waals surface area (Å²) in [5.74, 6) is -0.730. The van der Waals surface area contributed by atoms with Gasteiger partial charge in [-0.05, 0) is 6.92 Å². The third-order valence-electron chi connectivity index (χ3n) is 2.09. The van der Waals surface area contributed by atoms with Crippen LogP contribution in [0.5, 0.6) is 0 Å². The number of aromatic nitrogens is 4. The zero-order chi connectivity index (χ0) is 11.9. The first-order chi connectivity index (χ1) is 7.52. The van der Waals surface area contributed by atoms with Gasteiger partial charge in [0.15, 0.2) is 11.3 Å². The summed E-state index contributed by atoms with van der Waals surface area (Å²) in [6.45, 7) is 1.63. The van der Waals surface area contributed by atoms with Crippen LogP contribution in [-0.4, -0.2) is 24.8 Å². The van der Waals surface area contributed by atoms with Crippen molar-refractivity contribution in [2.75, 3.05) is 0 Å². The van der Waals surface area contributed by atoms with Crippen LogP contribution in [0.2, 0.25) is 0 Å². The number of hydrogen-bond donors (Lipinski definition) is 1. The van der Waals surface area contributed by atoms with E-state index < -0.39 is 17.1 Å². The van der Waals surface area contributed by atoms with Crippen LogP contribution in [0.4, 0.5) is 0 Å². The minimum absolute atomic E-state index is 0.0357. The van der Waals surface area contributed by atoms with Crippen molar-refractivity contribution in [3.05, 3.63) is 28.8 Å². The maximum Gasteiger partial charge on any atom is 0.337 e. The monoisotopic (exact) mass is 241 g/mol.